The minimum atomic E-state index is 0. The molecule has 0 unspecified atom stereocenters. The Kier molecular flexibility index (Phi) is 5.85. The lowest BCUT2D eigenvalue weighted by Crippen LogP contribution is -3.00. The Morgan fingerprint density at radius 1 is 0.815 bits per heavy atom. The number of hydrogen-bond donors (Lipinski definition) is 1. The van der Waals surface area contributed by atoms with Crippen LogP contribution in [0, 0.1) is 6.92 Å². The van der Waals surface area contributed by atoms with E-state index < -0.39 is 0 Å². The number of halogens is 3. The van der Waals surface area contributed by atoms with E-state index in [4.69, 9.17) is 33.2 Å². The third-order valence-corrected chi connectivity index (χ3v) is 4.89. The Balaban J connectivity index is 0.00000210. The minimum Gasteiger partial charge on any atom is -1.00 e. The Morgan fingerprint density at radius 2 is 1.56 bits per heavy atom. The van der Waals surface area contributed by atoms with Crippen LogP contribution in [0.15, 0.2) is 66.7 Å². The fourth-order valence-electron chi connectivity index (χ4n) is 2.77. The lowest BCUT2D eigenvalue weighted by molar-refractivity contribution is -0.00000507. The number of para-hydroxylation sites is 1. The van der Waals surface area contributed by atoms with Gasteiger partial charge >= 0.3 is 0 Å². The molecule has 4 rings (SSSR count). The van der Waals surface area contributed by atoms with Crippen LogP contribution in [0.3, 0.4) is 0 Å². The van der Waals surface area contributed by atoms with Crippen LogP contribution in [0.1, 0.15) is 5.56 Å². The molecule has 0 aliphatic heterocycles. The summed E-state index contributed by atoms with van der Waals surface area (Å²) in [5.74, 6) is 1.38. The second kappa shape index (κ2) is 8.13. The molecule has 0 saturated heterocycles. The molecular formula is C21H15Cl3N3-. The average Bonchev–Trinajstić information content (AvgIpc) is 2.66. The van der Waals surface area contributed by atoms with E-state index in [0.29, 0.717) is 15.9 Å². The summed E-state index contributed by atoms with van der Waals surface area (Å²) >= 11 is 12.3. The van der Waals surface area contributed by atoms with Gasteiger partial charge in [0.05, 0.1) is 5.52 Å². The van der Waals surface area contributed by atoms with Gasteiger partial charge in [0, 0.05) is 26.7 Å². The summed E-state index contributed by atoms with van der Waals surface area (Å²) in [7, 11) is 0. The molecule has 1 heterocycles. The van der Waals surface area contributed by atoms with Crippen LogP contribution < -0.4 is 17.7 Å². The first-order chi connectivity index (χ1) is 12.6. The molecule has 27 heavy (non-hydrogen) atoms. The highest BCUT2D eigenvalue weighted by molar-refractivity contribution is 6.31. The second-order valence-corrected chi connectivity index (χ2v) is 6.80. The highest BCUT2D eigenvalue weighted by Gasteiger charge is 2.11. The van der Waals surface area contributed by atoms with Crippen molar-refractivity contribution in [2.24, 2.45) is 0 Å². The maximum Gasteiger partial charge on any atom is 0.162 e. The summed E-state index contributed by atoms with van der Waals surface area (Å²) in [4.78, 5) is 9.46. The molecule has 0 amide bonds. The Morgan fingerprint density at radius 3 is 2.33 bits per heavy atom. The number of nitrogens with one attached hydrogen (secondary N) is 1. The maximum atomic E-state index is 6.26. The van der Waals surface area contributed by atoms with E-state index in [-0.39, 0.29) is 12.4 Å². The molecule has 0 bridgehead atoms. The van der Waals surface area contributed by atoms with Crippen LogP contribution >= 0.6 is 23.2 Å². The zero-order valence-corrected chi connectivity index (χ0v) is 16.6. The third-order valence-electron chi connectivity index (χ3n) is 4.23. The van der Waals surface area contributed by atoms with Crippen LogP contribution in [0.4, 0.5) is 11.5 Å². The van der Waals surface area contributed by atoms with E-state index >= 15 is 0 Å². The van der Waals surface area contributed by atoms with Gasteiger partial charge < -0.3 is 17.7 Å². The van der Waals surface area contributed by atoms with Gasteiger partial charge in [-0.25, -0.2) is 9.97 Å². The van der Waals surface area contributed by atoms with Gasteiger partial charge in [-0.3, -0.25) is 0 Å². The molecule has 0 radical (unpaired) electrons. The van der Waals surface area contributed by atoms with Gasteiger partial charge in [-0.15, -0.1) is 0 Å². The first-order valence-electron chi connectivity index (χ1n) is 8.17. The zero-order chi connectivity index (χ0) is 18.1. The van der Waals surface area contributed by atoms with E-state index in [0.717, 1.165) is 33.5 Å². The molecule has 0 fully saturated rings. The molecule has 4 aromatic rings. The monoisotopic (exact) mass is 414 g/mol. The Bertz CT molecular complexity index is 1100. The van der Waals surface area contributed by atoms with Gasteiger partial charge in [-0.05, 0) is 61.0 Å². The highest BCUT2D eigenvalue weighted by Crippen LogP contribution is 2.30. The van der Waals surface area contributed by atoms with E-state index in [9.17, 15) is 0 Å². The number of rotatable bonds is 3. The summed E-state index contributed by atoms with van der Waals surface area (Å²) in [5, 5.41) is 5.76. The number of fused-ring (bicyclic) bond motifs is 1. The summed E-state index contributed by atoms with van der Waals surface area (Å²) in [5.41, 5.74) is 3.67. The molecule has 0 saturated carbocycles. The predicted molar refractivity (Wildman–Crippen MR) is 109 cm³/mol. The van der Waals surface area contributed by atoms with Crippen molar-refractivity contribution in [3.05, 3.63) is 82.3 Å². The summed E-state index contributed by atoms with van der Waals surface area (Å²) in [6.45, 7) is 1.98. The van der Waals surface area contributed by atoms with Crippen LogP contribution in [0.25, 0.3) is 22.3 Å². The van der Waals surface area contributed by atoms with Crippen molar-refractivity contribution in [1.29, 1.82) is 0 Å². The third kappa shape index (κ3) is 4.01. The molecule has 3 nitrogen and oxygen atoms in total. The predicted octanol–water partition coefficient (Wildman–Crippen LogP) is 3.66. The molecule has 0 aliphatic rings. The fourth-order valence-corrected chi connectivity index (χ4v) is 3.07. The number of nitrogens with zero attached hydrogens (tertiary/aromatic N) is 2. The Hall–Kier alpha value is -2.33. The minimum absolute atomic E-state index is 0. The van der Waals surface area contributed by atoms with Crippen LogP contribution in [0.5, 0.6) is 0 Å². The topological polar surface area (TPSA) is 37.8 Å². The van der Waals surface area contributed by atoms with E-state index in [2.05, 4.69) is 5.32 Å². The number of benzene rings is 3. The lowest BCUT2D eigenvalue weighted by Gasteiger charge is -2.13. The quantitative estimate of drug-likeness (QED) is 0.555. The van der Waals surface area contributed by atoms with Crippen LogP contribution in [-0.4, -0.2) is 9.97 Å². The van der Waals surface area contributed by atoms with E-state index in [1.807, 2.05) is 73.7 Å². The van der Waals surface area contributed by atoms with E-state index in [1.54, 1.807) is 0 Å². The normalized spacial score (nSPS) is 10.5. The first-order valence-corrected chi connectivity index (χ1v) is 8.92. The van der Waals surface area contributed by atoms with E-state index in [1.165, 1.54) is 0 Å². The van der Waals surface area contributed by atoms with Crippen molar-refractivity contribution >= 4 is 45.6 Å². The van der Waals surface area contributed by atoms with Gasteiger partial charge in [0.15, 0.2) is 5.82 Å². The average molecular weight is 416 g/mol. The zero-order valence-electron chi connectivity index (χ0n) is 14.4. The number of anilines is 2. The standard InChI is InChI=1S/C21H15Cl2N3.ClH/c1-13-17(23)6-4-8-18(13)24-21-16-5-2-3-7-19(16)25-20(26-21)14-9-11-15(22)12-10-14;/h2-12H,1H3,(H,24,25,26);1H/p-1. The number of aromatic nitrogens is 2. The van der Waals surface area contributed by atoms with Gasteiger partial charge in [0.2, 0.25) is 0 Å². The lowest BCUT2D eigenvalue weighted by atomic mass is 10.1. The van der Waals surface area contributed by atoms with Crippen molar-refractivity contribution < 1.29 is 12.4 Å². The van der Waals surface area contributed by atoms with Crippen LogP contribution in [0.2, 0.25) is 10.0 Å². The molecule has 1 N–H and O–H groups in total. The smallest absolute Gasteiger partial charge is 0.162 e. The SMILES string of the molecule is Cc1c(Cl)cccc1Nc1nc(-c2ccc(Cl)cc2)nc2ccccc12.[Cl-]. The first kappa shape index (κ1) is 19.4. The van der Waals surface area contributed by atoms with Gasteiger partial charge in [0.25, 0.3) is 0 Å². The second-order valence-electron chi connectivity index (χ2n) is 5.96. The van der Waals surface area contributed by atoms with Crippen molar-refractivity contribution in [3.63, 3.8) is 0 Å². The molecule has 136 valence electrons. The molecular weight excluding hydrogens is 401 g/mol. The summed E-state index contributed by atoms with van der Waals surface area (Å²) in [6.07, 6.45) is 0. The molecule has 0 aliphatic carbocycles. The molecule has 0 atom stereocenters. The van der Waals surface area contributed by atoms with Crippen LogP contribution in [-0.2, 0) is 0 Å². The van der Waals surface area contributed by atoms with Crippen molar-refractivity contribution in [2.75, 3.05) is 5.32 Å². The van der Waals surface area contributed by atoms with Gasteiger partial charge in [0.1, 0.15) is 5.82 Å². The Labute approximate surface area is 173 Å². The molecule has 3 aromatic carbocycles. The highest BCUT2D eigenvalue weighted by atomic mass is 35.5. The maximum absolute atomic E-state index is 6.26. The van der Waals surface area contributed by atoms with Crippen molar-refractivity contribution in [2.45, 2.75) is 6.92 Å². The van der Waals surface area contributed by atoms with Crippen molar-refractivity contribution in [1.82, 2.24) is 9.97 Å². The summed E-state index contributed by atoms with van der Waals surface area (Å²) in [6, 6.07) is 21.2. The van der Waals surface area contributed by atoms with Gasteiger partial charge in [-0.1, -0.05) is 41.4 Å². The largest absolute Gasteiger partial charge is 1.00 e. The fraction of sp³-hybridized carbons (Fsp3) is 0.0476. The molecule has 0 spiro atoms. The molecule has 6 heteroatoms. The van der Waals surface area contributed by atoms with Crippen molar-refractivity contribution in [3.8, 4) is 11.4 Å². The molecule has 1 aromatic heterocycles. The summed E-state index contributed by atoms with van der Waals surface area (Å²) < 4.78 is 0. The van der Waals surface area contributed by atoms with Gasteiger partial charge in [-0.2, -0.15) is 0 Å². The number of hydrogen-bond acceptors (Lipinski definition) is 3.